The van der Waals surface area contributed by atoms with Gasteiger partial charge in [-0.2, -0.15) is 0 Å². The smallest absolute Gasteiger partial charge is 0.313 e. The van der Waals surface area contributed by atoms with Crippen molar-refractivity contribution in [3.63, 3.8) is 0 Å². The Balaban J connectivity index is 2.08. The summed E-state index contributed by atoms with van der Waals surface area (Å²) in [7, 11) is 0. The van der Waals surface area contributed by atoms with Crippen LogP contribution in [0, 0.1) is 6.92 Å². The number of imidazole rings is 1. The summed E-state index contributed by atoms with van der Waals surface area (Å²) in [5.41, 5.74) is 2.34. The lowest BCUT2D eigenvalue weighted by molar-refractivity contribution is -0.141. The Hall–Kier alpha value is -2.43. The number of ether oxygens (including phenoxy) is 1. The number of benzene rings is 1. The van der Waals surface area contributed by atoms with Crippen molar-refractivity contribution in [2.45, 2.75) is 20.3 Å². The van der Waals surface area contributed by atoms with E-state index in [1.165, 1.54) is 0 Å². The lowest BCUT2D eigenvalue weighted by Crippen LogP contribution is -2.11. The molecule has 0 fully saturated rings. The Kier molecular flexibility index (Phi) is 4.30. The predicted octanol–water partition coefficient (Wildman–Crippen LogP) is 2.32. The number of esters is 1. The number of rotatable bonds is 5. The van der Waals surface area contributed by atoms with E-state index in [0.29, 0.717) is 5.56 Å². The molecule has 0 aliphatic heterocycles. The number of carbonyl (C=O) groups is 2. The molecule has 20 heavy (non-hydrogen) atoms. The van der Waals surface area contributed by atoms with Crippen LogP contribution >= 0.6 is 0 Å². The second-order valence-corrected chi connectivity index (χ2v) is 4.37. The van der Waals surface area contributed by atoms with Gasteiger partial charge in [0.2, 0.25) is 0 Å². The van der Waals surface area contributed by atoms with Crippen LogP contribution in [0.1, 0.15) is 29.4 Å². The average Bonchev–Trinajstić information content (AvgIpc) is 2.86. The van der Waals surface area contributed by atoms with Crippen LogP contribution in [0.15, 0.2) is 36.8 Å². The fourth-order valence-electron chi connectivity index (χ4n) is 1.83. The van der Waals surface area contributed by atoms with Crippen LogP contribution in [-0.4, -0.2) is 27.9 Å². The van der Waals surface area contributed by atoms with Crippen molar-refractivity contribution >= 4 is 11.8 Å². The maximum Gasteiger partial charge on any atom is 0.313 e. The first-order chi connectivity index (χ1) is 9.60. The van der Waals surface area contributed by atoms with E-state index in [1.807, 2.05) is 29.8 Å². The molecule has 0 unspecified atom stereocenters. The highest BCUT2D eigenvalue weighted by atomic mass is 16.5. The molecule has 0 radical (unpaired) electrons. The summed E-state index contributed by atoms with van der Waals surface area (Å²) in [4.78, 5) is 27.3. The Morgan fingerprint density at radius 1 is 1.25 bits per heavy atom. The number of aryl methyl sites for hydroxylation is 1. The summed E-state index contributed by atoms with van der Waals surface area (Å²) < 4.78 is 6.63. The third-order valence-electron chi connectivity index (χ3n) is 2.81. The molecule has 0 amide bonds. The van der Waals surface area contributed by atoms with Gasteiger partial charge in [-0.25, -0.2) is 4.98 Å². The van der Waals surface area contributed by atoms with E-state index in [4.69, 9.17) is 4.74 Å². The second kappa shape index (κ2) is 6.14. The SMILES string of the molecule is CCOC(=O)CC(=O)c1ccc(-n2cnc(C)c2)cc1. The Morgan fingerprint density at radius 2 is 1.95 bits per heavy atom. The van der Waals surface area contributed by atoms with Gasteiger partial charge in [0.25, 0.3) is 0 Å². The van der Waals surface area contributed by atoms with Gasteiger partial charge in [0.1, 0.15) is 6.42 Å². The molecule has 0 spiro atoms. The van der Waals surface area contributed by atoms with Gasteiger partial charge in [-0.15, -0.1) is 0 Å². The molecule has 0 saturated heterocycles. The van der Waals surface area contributed by atoms with Crippen LogP contribution in [0.2, 0.25) is 0 Å². The van der Waals surface area contributed by atoms with Gasteiger partial charge >= 0.3 is 5.97 Å². The molecule has 0 atom stereocenters. The Bertz CT molecular complexity index is 614. The Morgan fingerprint density at radius 3 is 2.50 bits per heavy atom. The zero-order valence-corrected chi connectivity index (χ0v) is 11.5. The van der Waals surface area contributed by atoms with Gasteiger partial charge in [0, 0.05) is 17.4 Å². The molecule has 2 aromatic rings. The van der Waals surface area contributed by atoms with Gasteiger partial charge in [0.05, 0.1) is 18.6 Å². The molecule has 1 aromatic carbocycles. The first-order valence-corrected chi connectivity index (χ1v) is 6.40. The molecule has 0 N–H and O–H groups in total. The summed E-state index contributed by atoms with van der Waals surface area (Å²) in [6.07, 6.45) is 3.39. The first-order valence-electron chi connectivity index (χ1n) is 6.40. The molecule has 2 rings (SSSR count). The van der Waals surface area contributed by atoms with Crippen LogP contribution in [0.4, 0.5) is 0 Å². The summed E-state index contributed by atoms with van der Waals surface area (Å²) in [6, 6.07) is 7.04. The standard InChI is InChI=1S/C15H16N2O3/c1-3-20-15(19)8-14(18)12-4-6-13(7-5-12)17-9-11(2)16-10-17/h4-7,9-10H,3,8H2,1-2H3. The van der Waals surface area contributed by atoms with E-state index >= 15 is 0 Å². The number of ketones is 1. The van der Waals surface area contributed by atoms with Gasteiger partial charge in [-0.05, 0) is 38.1 Å². The van der Waals surface area contributed by atoms with Crippen molar-refractivity contribution < 1.29 is 14.3 Å². The van der Waals surface area contributed by atoms with E-state index in [0.717, 1.165) is 11.4 Å². The molecular weight excluding hydrogens is 256 g/mol. The lowest BCUT2D eigenvalue weighted by Gasteiger charge is -2.04. The van der Waals surface area contributed by atoms with Crippen LogP contribution in [0.5, 0.6) is 0 Å². The van der Waals surface area contributed by atoms with Gasteiger partial charge in [-0.3, -0.25) is 9.59 Å². The molecular formula is C15H16N2O3. The monoisotopic (exact) mass is 272 g/mol. The fraction of sp³-hybridized carbons (Fsp3) is 0.267. The minimum Gasteiger partial charge on any atom is -0.466 e. The van der Waals surface area contributed by atoms with Gasteiger partial charge < -0.3 is 9.30 Å². The maximum absolute atomic E-state index is 11.9. The Labute approximate surface area is 117 Å². The van der Waals surface area contributed by atoms with Crippen LogP contribution in [0.3, 0.4) is 0 Å². The molecule has 1 heterocycles. The van der Waals surface area contributed by atoms with Crippen molar-refractivity contribution in [2.24, 2.45) is 0 Å². The number of hydrogen-bond acceptors (Lipinski definition) is 4. The first kappa shape index (κ1) is 14.0. The number of Topliss-reactive ketones (excluding diaryl/α,β-unsaturated/α-hetero) is 1. The molecule has 1 aromatic heterocycles. The molecule has 0 aliphatic rings. The highest BCUT2D eigenvalue weighted by Gasteiger charge is 2.12. The minimum absolute atomic E-state index is 0.225. The van der Waals surface area contributed by atoms with E-state index in [9.17, 15) is 9.59 Å². The summed E-state index contributed by atoms with van der Waals surface area (Å²) in [6.45, 7) is 3.91. The highest BCUT2D eigenvalue weighted by Crippen LogP contribution is 2.12. The fourth-order valence-corrected chi connectivity index (χ4v) is 1.83. The molecule has 5 nitrogen and oxygen atoms in total. The number of carbonyl (C=O) groups excluding carboxylic acids is 2. The summed E-state index contributed by atoms with van der Waals surface area (Å²) in [5.74, 6) is -0.733. The molecule has 0 bridgehead atoms. The highest BCUT2D eigenvalue weighted by molar-refractivity contribution is 6.06. The molecule has 0 aliphatic carbocycles. The third-order valence-corrected chi connectivity index (χ3v) is 2.81. The van der Waals surface area contributed by atoms with E-state index < -0.39 is 5.97 Å². The molecule has 104 valence electrons. The number of aromatic nitrogens is 2. The summed E-state index contributed by atoms with van der Waals surface area (Å²) in [5, 5.41) is 0. The lowest BCUT2D eigenvalue weighted by atomic mass is 10.1. The zero-order valence-electron chi connectivity index (χ0n) is 11.5. The van der Waals surface area contributed by atoms with Crippen molar-refractivity contribution in [2.75, 3.05) is 6.61 Å². The van der Waals surface area contributed by atoms with Crippen molar-refractivity contribution in [1.29, 1.82) is 0 Å². The zero-order chi connectivity index (χ0) is 14.5. The second-order valence-electron chi connectivity index (χ2n) is 4.37. The largest absolute Gasteiger partial charge is 0.466 e. The van der Waals surface area contributed by atoms with Gasteiger partial charge in [0.15, 0.2) is 5.78 Å². The third kappa shape index (κ3) is 3.32. The van der Waals surface area contributed by atoms with Crippen molar-refractivity contribution in [3.05, 3.63) is 48.0 Å². The quantitative estimate of drug-likeness (QED) is 0.476. The minimum atomic E-state index is -0.494. The van der Waals surface area contributed by atoms with Gasteiger partial charge in [-0.1, -0.05) is 0 Å². The maximum atomic E-state index is 11.9. The molecule has 5 heteroatoms. The molecule has 0 saturated carbocycles. The van der Waals surface area contributed by atoms with Crippen LogP contribution in [0.25, 0.3) is 5.69 Å². The average molecular weight is 272 g/mol. The van der Waals surface area contributed by atoms with Crippen LogP contribution in [-0.2, 0) is 9.53 Å². The predicted molar refractivity (Wildman–Crippen MR) is 73.9 cm³/mol. The number of hydrogen-bond donors (Lipinski definition) is 0. The topological polar surface area (TPSA) is 61.2 Å². The van der Waals surface area contributed by atoms with E-state index in [-0.39, 0.29) is 18.8 Å². The normalized spacial score (nSPS) is 10.3. The van der Waals surface area contributed by atoms with Crippen LogP contribution < -0.4 is 0 Å². The van der Waals surface area contributed by atoms with Crippen molar-refractivity contribution in [1.82, 2.24) is 9.55 Å². The number of nitrogens with zero attached hydrogens (tertiary/aromatic N) is 2. The van der Waals surface area contributed by atoms with E-state index in [2.05, 4.69) is 4.98 Å². The summed E-state index contributed by atoms with van der Waals surface area (Å²) >= 11 is 0. The van der Waals surface area contributed by atoms with E-state index in [1.54, 1.807) is 25.4 Å². The van der Waals surface area contributed by atoms with Crippen molar-refractivity contribution in [3.8, 4) is 5.69 Å².